The van der Waals surface area contributed by atoms with Gasteiger partial charge in [-0.25, -0.2) is 4.39 Å². The Balaban J connectivity index is 2.03. The van der Waals surface area contributed by atoms with Crippen molar-refractivity contribution in [2.75, 3.05) is 20.6 Å². The van der Waals surface area contributed by atoms with Crippen LogP contribution in [0.3, 0.4) is 0 Å². The average Bonchev–Trinajstić information content (AvgIpc) is 2.45. The molecule has 3 nitrogen and oxygen atoms in total. The number of likely N-dealkylation sites (N-methyl/N-ethyl adjacent to an activating group) is 2. The van der Waals surface area contributed by atoms with Gasteiger partial charge in [-0.05, 0) is 39.2 Å². The third kappa shape index (κ3) is 4.34. The van der Waals surface area contributed by atoms with E-state index in [1.165, 1.54) is 6.07 Å². The first-order chi connectivity index (χ1) is 10.1. The maximum atomic E-state index is 13.9. The average molecular weight is 287 g/mol. The van der Waals surface area contributed by atoms with Crippen LogP contribution in [-0.4, -0.2) is 30.5 Å². The molecule has 112 valence electrons. The molecule has 1 heterocycles. The zero-order valence-electron chi connectivity index (χ0n) is 12.8. The van der Waals surface area contributed by atoms with Gasteiger partial charge >= 0.3 is 0 Å². The second-order valence-corrected chi connectivity index (χ2v) is 5.33. The van der Waals surface area contributed by atoms with Gasteiger partial charge in [0.2, 0.25) is 0 Å². The van der Waals surface area contributed by atoms with Gasteiger partial charge in [-0.3, -0.25) is 9.88 Å². The number of hydrogen-bond acceptors (Lipinski definition) is 3. The van der Waals surface area contributed by atoms with E-state index in [0.717, 1.165) is 17.9 Å². The Morgan fingerprint density at radius 2 is 1.95 bits per heavy atom. The summed E-state index contributed by atoms with van der Waals surface area (Å²) < 4.78 is 13.9. The molecule has 21 heavy (non-hydrogen) atoms. The van der Waals surface area contributed by atoms with Crippen LogP contribution in [0.5, 0.6) is 0 Å². The molecule has 0 saturated carbocycles. The molecule has 0 amide bonds. The van der Waals surface area contributed by atoms with E-state index in [4.69, 9.17) is 0 Å². The number of hydrogen-bond donors (Lipinski definition) is 1. The van der Waals surface area contributed by atoms with Crippen LogP contribution in [0.15, 0.2) is 42.5 Å². The third-order valence-electron chi connectivity index (χ3n) is 3.50. The molecule has 0 radical (unpaired) electrons. The van der Waals surface area contributed by atoms with Crippen LogP contribution in [-0.2, 0) is 6.54 Å². The number of rotatable bonds is 6. The molecule has 0 bridgehead atoms. The Kier molecular flexibility index (Phi) is 5.42. The molecule has 0 aliphatic heterocycles. The van der Waals surface area contributed by atoms with E-state index >= 15 is 0 Å². The van der Waals surface area contributed by atoms with Gasteiger partial charge in [0, 0.05) is 30.4 Å². The third-order valence-corrected chi connectivity index (χ3v) is 3.50. The van der Waals surface area contributed by atoms with Gasteiger partial charge < -0.3 is 5.32 Å². The highest BCUT2D eigenvalue weighted by Crippen LogP contribution is 2.18. The van der Waals surface area contributed by atoms with Crippen molar-refractivity contribution in [2.45, 2.75) is 19.5 Å². The van der Waals surface area contributed by atoms with E-state index in [1.54, 1.807) is 6.07 Å². The Labute approximate surface area is 125 Å². The molecule has 0 saturated heterocycles. The summed E-state index contributed by atoms with van der Waals surface area (Å²) >= 11 is 0. The van der Waals surface area contributed by atoms with Gasteiger partial charge in [-0.2, -0.15) is 0 Å². The predicted molar refractivity (Wildman–Crippen MR) is 83.5 cm³/mol. The molecule has 0 spiro atoms. The van der Waals surface area contributed by atoms with E-state index < -0.39 is 0 Å². The lowest BCUT2D eigenvalue weighted by molar-refractivity contribution is 0.283. The summed E-state index contributed by atoms with van der Waals surface area (Å²) in [6.07, 6.45) is 0. The smallest absolute Gasteiger partial charge is 0.128 e. The van der Waals surface area contributed by atoms with Gasteiger partial charge in [0.1, 0.15) is 5.82 Å². The fourth-order valence-corrected chi connectivity index (χ4v) is 2.44. The number of halogens is 1. The summed E-state index contributed by atoms with van der Waals surface area (Å²) in [6, 6.07) is 12.9. The molecule has 0 aliphatic rings. The quantitative estimate of drug-likeness (QED) is 0.885. The van der Waals surface area contributed by atoms with Crippen LogP contribution in [0.1, 0.15) is 23.0 Å². The monoisotopic (exact) mass is 287 g/mol. The number of aromatic nitrogens is 1. The van der Waals surface area contributed by atoms with E-state index in [0.29, 0.717) is 12.1 Å². The fourth-order valence-electron chi connectivity index (χ4n) is 2.44. The Morgan fingerprint density at radius 3 is 2.62 bits per heavy atom. The highest BCUT2D eigenvalue weighted by Gasteiger charge is 2.15. The first-order valence-electron chi connectivity index (χ1n) is 7.13. The summed E-state index contributed by atoms with van der Waals surface area (Å²) in [5.74, 6) is -0.168. The minimum Gasteiger partial charge on any atom is -0.312 e. The van der Waals surface area contributed by atoms with Crippen LogP contribution < -0.4 is 5.32 Å². The van der Waals surface area contributed by atoms with Crippen molar-refractivity contribution in [1.29, 1.82) is 0 Å². The molecular formula is C17H22FN3. The highest BCUT2D eigenvalue weighted by atomic mass is 19.1. The van der Waals surface area contributed by atoms with Crippen LogP contribution in [0.4, 0.5) is 4.39 Å². The van der Waals surface area contributed by atoms with Crippen LogP contribution in [0.25, 0.3) is 0 Å². The molecule has 2 aromatic rings. The van der Waals surface area contributed by atoms with Crippen molar-refractivity contribution in [3.63, 3.8) is 0 Å². The first kappa shape index (κ1) is 15.6. The molecule has 2 rings (SSSR count). The lowest BCUT2D eigenvalue weighted by Gasteiger charge is -2.24. The lowest BCUT2D eigenvalue weighted by Crippen LogP contribution is -2.31. The second kappa shape index (κ2) is 7.29. The first-order valence-corrected chi connectivity index (χ1v) is 7.13. The number of nitrogens with zero attached hydrogens (tertiary/aromatic N) is 2. The second-order valence-electron chi connectivity index (χ2n) is 5.33. The molecule has 1 aromatic carbocycles. The van der Waals surface area contributed by atoms with Crippen LogP contribution in [0, 0.1) is 12.7 Å². The molecule has 1 N–H and O–H groups in total. The normalized spacial score (nSPS) is 12.6. The molecule has 4 heteroatoms. The van der Waals surface area contributed by atoms with Gasteiger partial charge in [0.25, 0.3) is 0 Å². The Hall–Kier alpha value is -1.78. The van der Waals surface area contributed by atoms with Gasteiger partial charge in [-0.15, -0.1) is 0 Å². The summed E-state index contributed by atoms with van der Waals surface area (Å²) in [7, 11) is 3.88. The number of nitrogens with one attached hydrogen (secondary N) is 1. The molecule has 1 aromatic heterocycles. The standard InChI is InChI=1S/C17H22FN3/c1-13-7-6-8-14(20-13)11-21(3)12-17(19-2)15-9-4-5-10-16(15)18/h4-10,17,19H,11-12H2,1-3H3. The number of benzene rings is 1. The van der Waals surface area contributed by atoms with Gasteiger partial charge in [0.15, 0.2) is 0 Å². The van der Waals surface area contributed by atoms with E-state index in [2.05, 4.69) is 15.2 Å². The zero-order valence-corrected chi connectivity index (χ0v) is 12.8. The maximum absolute atomic E-state index is 13.9. The molecule has 0 fully saturated rings. The van der Waals surface area contributed by atoms with Gasteiger partial charge in [0.05, 0.1) is 5.69 Å². The molecule has 1 unspecified atom stereocenters. The van der Waals surface area contributed by atoms with Crippen LogP contribution in [0.2, 0.25) is 0 Å². The largest absolute Gasteiger partial charge is 0.312 e. The van der Waals surface area contributed by atoms with Crippen molar-refractivity contribution in [3.8, 4) is 0 Å². The molecule has 1 atom stereocenters. The minimum absolute atomic E-state index is 0.0407. The fraction of sp³-hybridized carbons (Fsp3) is 0.353. The van der Waals surface area contributed by atoms with Crippen molar-refractivity contribution in [2.24, 2.45) is 0 Å². The van der Waals surface area contributed by atoms with E-state index in [-0.39, 0.29) is 11.9 Å². The maximum Gasteiger partial charge on any atom is 0.128 e. The Morgan fingerprint density at radius 1 is 1.19 bits per heavy atom. The lowest BCUT2D eigenvalue weighted by atomic mass is 10.1. The van der Waals surface area contributed by atoms with Crippen molar-refractivity contribution in [3.05, 3.63) is 65.2 Å². The van der Waals surface area contributed by atoms with Crippen molar-refractivity contribution >= 4 is 0 Å². The number of aryl methyl sites for hydroxylation is 1. The van der Waals surface area contributed by atoms with Crippen molar-refractivity contribution < 1.29 is 4.39 Å². The summed E-state index contributed by atoms with van der Waals surface area (Å²) in [5, 5.41) is 3.19. The summed E-state index contributed by atoms with van der Waals surface area (Å²) in [4.78, 5) is 6.65. The molecule has 0 aliphatic carbocycles. The van der Waals surface area contributed by atoms with Crippen LogP contribution >= 0.6 is 0 Å². The van der Waals surface area contributed by atoms with E-state index in [9.17, 15) is 4.39 Å². The summed E-state index contributed by atoms with van der Waals surface area (Å²) in [5.41, 5.74) is 2.74. The summed E-state index contributed by atoms with van der Waals surface area (Å²) in [6.45, 7) is 3.45. The van der Waals surface area contributed by atoms with E-state index in [1.807, 2.05) is 51.4 Å². The minimum atomic E-state index is -0.168. The highest BCUT2D eigenvalue weighted by molar-refractivity contribution is 5.21. The van der Waals surface area contributed by atoms with Crippen molar-refractivity contribution in [1.82, 2.24) is 15.2 Å². The molecular weight excluding hydrogens is 265 g/mol. The SMILES string of the molecule is CNC(CN(C)Cc1cccc(C)n1)c1ccccc1F. The topological polar surface area (TPSA) is 28.2 Å². The van der Waals surface area contributed by atoms with Gasteiger partial charge in [-0.1, -0.05) is 24.3 Å². The zero-order chi connectivity index (χ0) is 15.2. The number of pyridine rings is 1. The Bertz CT molecular complexity index is 586. The predicted octanol–water partition coefficient (Wildman–Crippen LogP) is 2.92.